The number of carbonyl (C=O) groups excluding carboxylic acids is 2. The molecule has 1 aliphatic heterocycles. The molecule has 3 aromatic rings. The minimum absolute atomic E-state index is 0.0266. The Kier molecular flexibility index (Phi) is 9.22. The molecule has 1 fully saturated rings. The molecule has 2 aromatic carbocycles. The molecule has 0 aliphatic carbocycles. The van der Waals surface area contributed by atoms with Crippen molar-refractivity contribution < 1.29 is 29.0 Å². The zero-order valence-electron chi connectivity index (χ0n) is 19.5. The fourth-order valence-electron chi connectivity index (χ4n) is 3.55. The molecule has 0 saturated carbocycles. The third-order valence-electron chi connectivity index (χ3n) is 5.30. The molecule has 35 heavy (non-hydrogen) atoms. The number of carboxylic acids is 1. The molecule has 2 amide bonds. The first-order valence-corrected chi connectivity index (χ1v) is 11.2. The number of nitrogens with zero attached hydrogens (tertiary/aromatic N) is 1. The van der Waals surface area contributed by atoms with Crippen LogP contribution in [0.2, 0.25) is 0 Å². The average molecular weight is 483 g/mol. The highest BCUT2D eigenvalue weighted by Crippen LogP contribution is 2.20. The monoisotopic (exact) mass is 482 g/mol. The summed E-state index contributed by atoms with van der Waals surface area (Å²) in [5.74, 6) is -0.604. The predicted molar refractivity (Wildman–Crippen MR) is 131 cm³/mol. The Labute approximate surface area is 203 Å². The van der Waals surface area contributed by atoms with Crippen LogP contribution in [0.15, 0.2) is 54.7 Å². The average Bonchev–Trinajstić information content (AvgIpc) is 3.26. The summed E-state index contributed by atoms with van der Waals surface area (Å²) in [5.41, 5.74) is 8.77. The second-order valence-corrected chi connectivity index (χ2v) is 7.98. The summed E-state index contributed by atoms with van der Waals surface area (Å²) in [6, 6.07) is 14.1. The van der Waals surface area contributed by atoms with Gasteiger partial charge in [0.1, 0.15) is 5.75 Å². The van der Waals surface area contributed by atoms with Gasteiger partial charge in [-0.05, 0) is 42.3 Å². The number of aromatic nitrogens is 1. The number of rotatable bonds is 7. The van der Waals surface area contributed by atoms with Gasteiger partial charge >= 0.3 is 0 Å². The zero-order chi connectivity index (χ0) is 25.2. The molecule has 0 spiro atoms. The number of aromatic amines is 1. The van der Waals surface area contributed by atoms with Crippen LogP contribution in [0.4, 0.5) is 5.69 Å². The highest BCUT2D eigenvalue weighted by molar-refractivity contribution is 5.95. The van der Waals surface area contributed by atoms with Crippen molar-refractivity contribution in [3.63, 3.8) is 0 Å². The minimum atomic E-state index is -0.833. The fourth-order valence-corrected chi connectivity index (χ4v) is 3.55. The number of morpholine rings is 1. The topological polar surface area (TPSA) is 147 Å². The standard InChI is InChI=1S/C23H26N4O4.C2H4O2/c24-20(13-16-14-25-21-4-2-1-3-19(16)21)23(29)26-17-5-7-18(8-6-17)31-15-22(28)27-9-11-30-12-10-27;1-2(3)4/h1-8,14,20,25H,9-13,15,24H2,(H,26,29);1H3,(H,3,4)/t20-;/m0./s1. The van der Waals surface area contributed by atoms with Gasteiger partial charge in [0.25, 0.3) is 11.9 Å². The van der Waals surface area contributed by atoms with E-state index in [1.165, 1.54) is 0 Å². The molecule has 0 radical (unpaired) electrons. The normalized spacial score (nSPS) is 13.9. The Morgan fingerprint density at radius 3 is 2.49 bits per heavy atom. The zero-order valence-corrected chi connectivity index (χ0v) is 19.5. The number of anilines is 1. The summed E-state index contributed by atoms with van der Waals surface area (Å²) in [6.07, 6.45) is 2.32. The van der Waals surface area contributed by atoms with Gasteiger partial charge in [0, 0.05) is 42.8 Å². The van der Waals surface area contributed by atoms with E-state index in [1.54, 1.807) is 29.2 Å². The fraction of sp³-hybridized carbons (Fsp3) is 0.320. The minimum Gasteiger partial charge on any atom is -0.484 e. The van der Waals surface area contributed by atoms with Crippen LogP contribution in [-0.2, 0) is 25.5 Å². The molecule has 0 unspecified atom stereocenters. The quantitative estimate of drug-likeness (QED) is 0.403. The van der Waals surface area contributed by atoms with Crippen LogP contribution in [0.5, 0.6) is 5.75 Å². The summed E-state index contributed by atoms with van der Waals surface area (Å²) < 4.78 is 10.8. The highest BCUT2D eigenvalue weighted by atomic mass is 16.5. The van der Waals surface area contributed by atoms with Crippen molar-refractivity contribution in [2.45, 2.75) is 19.4 Å². The van der Waals surface area contributed by atoms with E-state index in [4.69, 9.17) is 25.1 Å². The number of nitrogens with two attached hydrogens (primary N) is 1. The van der Waals surface area contributed by atoms with Crippen LogP contribution in [0.3, 0.4) is 0 Å². The second-order valence-electron chi connectivity index (χ2n) is 7.98. The van der Waals surface area contributed by atoms with Crippen molar-refractivity contribution in [2.24, 2.45) is 5.73 Å². The van der Waals surface area contributed by atoms with Gasteiger partial charge in [-0.15, -0.1) is 0 Å². The van der Waals surface area contributed by atoms with Crippen molar-refractivity contribution in [1.82, 2.24) is 9.88 Å². The van der Waals surface area contributed by atoms with Crippen LogP contribution in [0.1, 0.15) is 12.5 Å². The lowest BCUT2D eigenvalue weighted by atomic mass is 10.0. The lowest BCUT2D eigenvalue weighted by Gasteiger charge is -2.26. The maximum atomic E-state index is 12.5. The van der Waals surface area contributed by atoms with Crippen molar-refractivity contribution in [1.29, 1.82) is 0 Å². The summed E-state index contributed by atoms with van der Waals surface area (Å²) in [5, 5.41) is 11.3. The Morgan fingerprint density at radius 1 is 1.14 bits per heavy atom. The number of amides is 2. The third-order valence-corrected chi connectivity index (χ3v) is 5.30. The lowest BCUT2D eigenvalue weighted by Crippen LogP contribution is -2.42. The first-order valence-electron chi connectivity index (χ1n) is 11.2. The van der Waals surface area contributed by atoms with Gasteiger partial charge in [0.15, 0.2) is 6.61 Å². The van der Waals surface area contributed by atoms with Crippen LogP contribution >= 0.6 is 0 Å². The molecular weight excluding hydrogens is 452 g/mol. The van der Waals surface area contributed by atoms with E-state index in [-0.39, 0.29) is 18.4 Å². The maximum Gasteiger partial charge on any atom is 0.300 e. The second kappa shape index (κ2) is 12.5. The number of fused-ring (bicyclic) bond motifs is 1. The van der Waals surface area contributed by atoms with E-state index in [2.05, 4.69) is 10.3 Å². The maximum absolute atomic E-state index is 12.5. The lowest BCUT2D eigenvalue weighted by molar-refractivity contribution is -0.137. The van der Waals surface area contributed by atoms with E-state index in [0.717, 1.165) is 23.4 Å². The number of aliphatic carboxylic acids is 1. The van der Waals surface area contributed by atoms with Crippen LogP contribution in [-0.4, -0.2) is 71.7 Å². The van der Waals surface area contributed by atoms with Crippen molar-refractivity contribution in [3.8, 4) is 5.75 Å². The van der Waals surface area contributed by atoms with Crippen molar-refractivity contribution in [2.75, 3.05) is 38.2 Å². The molecule has 186 valence electrons. The summed E-state index contributed by atoms with van der Waals surface area (Å²) in [6.45, 7) is 3.35. The van der Waals surface area contributed by atoms with E-state index in [0.29, 0.717) is 44.2 Å². The number of hydrogen-bond donors (Lipinski definition) is 4. The molecule has 1 saturated heterocycles. The van der Waals surface area contributed by atoms with Gasteiger partial charge in [-0.2, -0.15) is 0 Å². The summed E-state index contributed by atoms with van der Waals surface area (Å²) in [4.78, 5) is 38.6. The largest absolute Gasteiger partial charge is 0.484 e. The Morgan fingerprint density at radius 2 is 1.80 bits per heavy atom. The molecule has 1 aliphatic rings. The number of carbonyl (C=O) groups is 3. The Bertz CT molecular complexity index is 1130. The molecule has 10 nitrogen and oxygen atoms in total. The molecule has 2 heterocycles. The summed E-state index contributed by atoms with van der Waals surface area (Å²) in [7, 11) is 0. The number of nitrogens with one attached hydrogen (secondary N) is 2. The first-order chi connectivity index (χ1) is 16.8. The van der Waals surface area contributed by atoms with E-state index < -0.39 is 12.0 Å². The van der Waals surface area contributed by atoms with Crippen LogP contribution in [0, 0.1) is 0 Å². The Hall–Kier alpha value is -3.89. The third kappa shape index (κ3) is 7.83. The van der Waals surface area contributed by atoms with Crippen molar-refractivity contribution >= 4 is 34.4 Å². The molecule has 0 bridgehead atoms. The SMILES string of the molecule is CC(=O)O.N[C@@H](Cc1c[nH]c2ccccc12)C(=O)Nc1ccc(OCC(=O)N2CCOCC2)cc1. The number of para-hydroxylation sites is 1. The Balaban J connectivity index is 0.000000795. The molecule has 4 rings (SSSR count). The molecule has 1 atom stereocenters. The molecular formula is C25H30N4O6. The highest BCUT2D eigenvalue weighted by Gasteiger charge is 2.18. The van der Waals surface area contributed by atoms with Crippen LogP contribution in [0.25, 0.3) is 10.9 Å². The van der Waals surface area contributed by atoms with Gasteiger partial charge in [-0.25, -0.2) is 0 Å². The molecule has 1 aromatic heterocycles. The first kappa shape index (κ1) is 25.7. The van der Waals surface area contributed by atoms with Gasteiger partial charge in [-0.3, -0.25) is 14.4 Å². The molecule has 5 N–H and O–H groups in total. The number of H-pyrrole nitrogens is 1. The number of benzene rings is 2. The van der Waals surface area contributed by atoms with E-state index in [9.17, 15) is 9.59 Å². The van der Waals surface area contributed by atoms with Gasteiger partial charge in [0.05, 0.1) is 19.3 Å². The van der Waals surface area contributed by atoms with Gasteiger partial charge in [0.2, 0.25) is 5.91 Å². The number of carboxylic acid groups (broad SMARTS) is 1. The summed E-state index contributed by atoms with van der Waals surface area (Å²) >= 11 is 0. The smallest absolute Gasteiger partial charge is 0.300 e. The van der Waals surface area contributed by atoms with Crippen LogP contribution < -0.4 is 15.8 Å². The predicted octanol–water partition coefficient (Wildman–Crippen LogP) is 2.00. The van der Waals surface area contributed by atoms with E-state index in [1.807, 2.05) is 30.5 Å². The van der Waals surface area contributed by atoms with Gasteiger partial charge in [-0.1, -0.05) is 18.2 Å². The number of ether oxygens (including phenoxy) is 2. The molecule has 10 heteroatoms. The number of hydrogen-bond acceptors (Lipinski definition) is 6. The van der Waals surface area contributed by atoms with Gasteiger partial charge < -0.3 is 35.5 Å². The van der Waals surface area contributed by atoms with Crippen molar-refractivity contribution in [3.05, 3.63) is 60.3 Å². The van der Waals surface area contributed by atoms with E-state index >= 15 is 0 Å².